The van der Waals surface area contributed by atoms with Crippen molar-refractivity contribution in [2.75, 3.05) is 5.32 Å². The van der Waals surface area contributed by atoms with Crippen LogP contribution in [0.25, 0.3) is 0 Å². The average molecular weight is 238 g/mol. The summed E-state index contributed by atoms with van der Waals surface area (Å²) >= 11 is 5.88. The Labute approximate surface area is 97.3 Å². The van der Waals surface area contributed by atoms with E-state index < -0.39 is 0 Å². The standard InChI is InChI=1S/C11H9ClFN3/c12-10-5-9(13)2-1-8(10)6-16-11-7-14-3-4-15-11/h1-5,7H,6H2,(H,15,16). The molecule has 0 spiro atoms. The SMILES string of the molecule is Fc1ccc(CNc2cnccn2)c(Cl)c1. The Morgan fingerprint density at radius 2 is 2.19 bits per heavy atom. The first-order valence-corrected chi connectivity index (χ1v) is 5.07. The zero-order valence-electron chi connectivity index (χ0n) is 8.32. The van der Waals surface area contributed by atoms with E-state index in [0.29, 0.717) is 17.4 Å². The van der Waals surface area contributed by atoms with Crippen LogP contribution in [-0.2, 0) is 6.54 Å². The van der Waals surface area contributed by atoms with E-state index in [4.69, 9.17) is 11.6 Å². The molecule has 0 unspecified atom stereocenters. The molecule has 0 aliphatic rings. The maximum absolute atomic E-state index is 12.8. The third-order valence-electron chi connectivity index (χ3n) is 2.04. The predicted molar refractivity (Wildman–Crippen MR) is 60.8 cm³/mol. The number of nitrogens with zero attached hydrogens (tertiary/aromatic N) is 2. The second kappa shape index (κ2) is 4.90. The molecule has 5 heteroatoms. The number of hydrogen-bond acceptors (Lipinski definition) is 3. The van der Waals surface area contributed by atoms with Crippen molar-refractivity contribution in [2.45, 2.75) is 6.54 Å². The molecular weight excluding hydrogens is 229 g/mol. The van der Waals surface area contributed by atoms with Gasteiger partial charge in [0, 0.05) is 24.0 Å². The molecule has 0 saturated carbocycles. The minimum absolute atomic E-state index is 0.340. The molecule has 3 nitrogen and oxygen atoms in total. The molecule has 1 aromatic carbocycles. The van der Waals surface area contributed by atoms with Crippen LogP contribution in [0.2, 0.25) is 5.02 Å². The van der Waals surface area contributed by atoms with E-state index in [1.165, 1.54) is 12.1 Å². The van der Waals surface area contributed by atoms with Crippen LogP contribution in [0.3, 0.4) is 0 Å². The van der Waals surface area contributed by atoms with Crippen LogP contribution in [0, 0.1) is 5.82 Å². The lowest BCUT2D eigenvalue weighted by molar-refractivity contribution is 0.627. The largest absolute Gasteiger partial charge is 0.365 e. The normalized spacial score (nSPS) is 10.1. The van der Waals surface area contributed by atoms with Gasteiger partial charge >= 0.3 is 0 Å². The van der Waals surface area contributed by atoms with Gasteiger partial charge in [-0.25, -0.2) is 9.37 Å². The molecule has 0 saturated heterocycles. The summed E-state index contributed by atoms with van der Waals surface area (Å²) in [6.45, 7) is 0.484. The van der Waals surface area contributed by atoms with Gasteiger partial charge in [0.2, 0.25) is 0 Å². The maximum atomic E-state index is 12.8. The number of nitrogens with one attached hydrogen (secondary N) is 1. The Balaban J connectivity index is 2.05. The van der Waals surface area contributed by atoms with Gasteiger partial charge in [-0.05, 0) is 17.7 Å². The van der Waals surface area contributed by atoms with Crippen molar-refractivity contribution in [1.29, 1.82) is 0 Å². The van der Waals surface area contributed by atoms with Crippen molar-refractivity contribution in [3.63, 3.8) is 0 Å². The van der Waals surface area contributed by atoms with Gasteiger partial charge in [0.05, 0.1) is 6.20 Å². The first-order valence-electron chi connectivity index (χ1n) is 4.69. The lowest BCUT2D eigenvalue weighted by atomic mass is 10.2. The molecule has 0 fully saturated rings. The molecule has 0 atom stereocenters. The van der Waals surface area contributed by atoms with Gasteiger partial charge in [-0.3, -0.25) is 4.98 Å². The summed E-state index contributed by atoms with van der Waals surface area (Å²) < 4.78 is 12.8. The van der Waals surface area contributed by atoms with Gasteiger partial charge in [-0.2, -0.15) is 0 Å². The van der Waals surface area contributed by atoms with Gasteiger partial charge < -0.3 is 5.32 Å². The van der Waals surface area contributed by atoms with Crippen LogP contribution in [0.1, 0.15) is 5.56 Å². The molecule has 1 aromatic heterocycles. The van der Waals surface area contributed by atoms with Gasteiger partial charge in [0.15, 0.2) is 0 Å². The van der Waals surface area contributed by atoms with Gasteiger partial charge in [-0.1, -0.05) is 17.7 Å². The topological polar surface area (TPSA) is 37.8 Å². The van der Waals surface area contributed by atoms with Crippen molar-refractivity contribution in [2.24, 2.45) is 0 Å². The zero-order chi connectivity index (χ0) is 11.4. The average Bonchev–Trinajstić information content (AvgIpc) is 2.29. The van der Waals surface area contributed by atoms with Crippen LogP contribution < -0.4 is 5.32 Å². The second-order valence-corrected chi connectivity index (χ2v) is 3.59. The van der Waals surface area contributed by atoms with Crippen molar-refractivity contribution in [3.8, 4) is 0 Å². The first kappa shape index (κ1) is 10.8. The fraction of sp³-hybridized carbons (Fsp3) is 0.0909. The maximum Gasteiger partial charge on any atom is 0.144 e. The van der Waals surface area contributed by atoms with E-state index >= 15 is 0 Å². The Morgan fingerprint density at radius 1 is 1.31 bits per heavy atom. The fourth-order valence-corrected chi connectivity index (χ4v) is 1.48. The highest BCUT2D eigenvalue weighted by molar-refractivity contribution is 6.31. The molecular formula is C11H9ClFN3. The van der Waals surface area contributed by atoms with E-state index in [-0.39, 0.29) is 5.82 Å². The lowest BCUT2D eigenvalue weighted by Gasteiger charge is -2.06. The molecule has 1 heterocycles. The number of aromatic nitrogens is 2. The molecule has 0 bridgehead atoms. The Morgan fingerprint density at radius 3 is 2.88 bits per heavy atom. The summed E-state index contributed by atoms with van der Waals surface area (Å²) in [5, 5.41) is 3.44. The quantitative estimate of drug-likeness (QED) is 0.892. The summed E-state index contributed by atoms with van der Waals surface area (Å²) in [5.74, 6) is 0.316. The van der Waals surface area contributed by atoms with E-state index in [1.54, 1.807) is 24.7 Å². The molecule has 2 rings (SSSR count). The smallest absolute Gasteiger partial charge is 0.144 e. The fourth-order valence-electron chi connectivity index (χ4n) is 1.24. The van der Waals surface area contributed by atoms with Crippen LogP contribution in [0.5, 0.6) is 0 Å². The molecule has 0 aliphatic carbocycles. The van der Waals surface area contributed by atoms with E-state index in [2.05, 4.69) is 15.3 Å². The highest BCUT2D eigenvalue weighted by Gasteiger charge is 2.01. The zero-order valence-corrected chi connectivity index (χ0v) is 9.08. The van der Waals surface area contributed by atoms with Gasteiger partial charge in [0.25, 0.3) is 0 Å². The highest BCUT2D eigenvalue weighted by atomic mass is 35.5. The van der Waals surface area contributed by atoms with Crippen molar-refractivity contribution in [3.05, 3.63) is 53.2 Å². The number of benzene rings is 1. The summed E-state index contributed by atoms with van der Waals surface area (Å²) in [5.41, 5.74) is 0.814. The number of rotatable bonds is 3. The number of halogens is 2. The van der Waals surface area contributed by atoms with Crippen molar-refractivity contribution < 1.29 is 4.39 Å². The summed E-state index contributed by atoms with van der Waals surface area (Å²) in [7, 11) is 0. The lowest BCUT2D eigenvalue weighted by Crippen LogP contribution is -2.02. The number of anilines is 1. The van der Waals surface area contributed by atoms with Gasteiger partial charge in [-0.15, -0.1) is 0 Å². The summed E-state index contributed by atoms with van der Waals surface area (Å²) in [6.07, 6.45) is 4.79. The van der Waals surface area contributed by atoms with Crippen LogP contribution >= 0.6 is 11.6 Å². The second-order valence-electron chi connectivity index (χ2n) is 3.18. The molecule has 0 radical (unpaired) electrons. The third kappa shape index (κ3) is 2.67. The number of hydrogen-bond donors (Lipinski definition) is 1. The van der Waals surface area contributed by atoms with E-state index in [9.17, 15) is 4.39 Å². The van der Waals surface area contributed by atoms with Crippen molar-refractivity contribution >= 4 is 17.4 Å². The Kier molecular flexibility index (Phi) is 3.31. The monoisotopic (exact) mass is 237 g/mol. The molecule has 0 amide bonds. The molecule has 1 N–H and O–H groups in total. The first-order chi connectivity index (χ1) is 7.75. The molecule has 0 aliphatic heterocycles. The Hall–Kier alpha value is -1.68. The van der Waals surface area contributed by atoms with Crippen LogP contribution in [-0.4, -0.2) is 9.97 Å². The van der Waals surface area contributed by atoms with Crippen LogP contribution in [0.4, 0.5) is 10.2 Å². The van der Waals surface area contributed by atoms with Crippen LogP contribution in [0.15, 0.2) is 36.8 Å². The minimum atomic E-state index is -0.340. The van der Waals surface area contributed by atoms with Crippen molar-refractivity contribution in [1.82, 2.24) is 9.97 Å². The summed E-state index contributed by atoms with van der Waals surface area (Å²) in [6, 6.07) is 4.30. The highest BCUT2D eigenvalue weighted by Crippen LogP contribution is 2.17. The van der Waals surface area contributed by atoms with E-state index in [0.717, 1.165) is 5.56 Å². The van der Waals surface area contributed by atoms with E-state index in [1.807, 2.05) is 0 Å². The molecule has 82 valence electrons. The van der Waals surface area contributed by atoms with Gasteiger partial charge in [0.1, 0.15) is 11.6 Å². The third-order valence-corrected chi connectivity index (χ3v) is 2.39. The molecule has 2 aromatic rings. The summed E-state index contributed by atoms with van der Waals surface area (Å²) in [4.78, 5) is 7.97. The Bertz CT molecular complexity index is 476. The predicted octanol–water partition coefficient (Wildman–Crippen LogP) is 2.88. The minimum Gasteiger partial charge on any atom is -0.365 e. The molecule has 16 heavy (non-hydrogen) atoms.